The zero-order valence-corrected chi connectivity index (χ0v) is 14.2. The monoisotopic (exact) mass is 349 g/mol. The van der Waals surface area contributed by atoms with E-state index in [-0.39, 0.29) is 5.91 Å². The lowest BCUT2D eigenvalue weighted by molar-refractivity contribution is 0.102. The van der Waals surface area contributed by atoms with E-state index in [2.05, 4.69) is 5.32 Å². The van der Waals surface area contributed by atoms with Gasteiger partial charge in [-0.15, -0.1) is 11.8 Å². The summed E-state index contributed by atoms with van der Waals surface area (Å²) in [5.74, 6) is 0.780. The molecule has 0 aliphatic carbocycles. The van der Waals surface area contributed by atoms with Gasteiger partial charge < -0.3 is 14.8 Å². The molecule has 1 amide bonds. The van der Waals surface area contributed by atoms with E-state index in [0.717, 1.165) is 17.0 Å². The lowest BCUT2D eigenvalue weighted by Crippen LogP contribution is -2.12. The Labute approximate surface area is 144 Å². The number of rotatable bonds is 3. The maximum Gasteiger partial charge on any atom is 0.255 e. The van der Waals surface area contributed by atoms with Crippen molar-refractivity contribution >= 4 is 35.0 Å². The molecule has 0 unspecified atom stereocenters. The third-order valence-corrected chi connectivity index (χ3v) is 4.44. The van der Waals surface area contributed by atoms with E-state index in [1.54, 1.807) is 23.9 Å². The SMILES string of the molecule is CSc1ccc(NC(=O)c2cc(Cl)c3c(c2)OCCCO3)cc1. The number of fused-ring (bicyclic) bond motifs is 1. The van der Waals surface area contributed by atoms with Crippen molar-refractivity contribution in [1.82, 2.24) is 0 Å². The number of hydrogen-bond acceptors (Lipinski definition) is 4. The van der Waals surface area contributed by atoms with Crippen molar-refractivity contribution in [2.75, 3.05) is 24.8 Å². The van der Waals surface area contributed by atoms with Crippen LogP contribution in [0, 0.1) is 0 Å². The molecular formula is C17H16ClNO3S. The fraction of sp³-hybridized carbons (Fsp3) is 0.235. The van der Waals surface area contributed by atoms with Crippen molar-refractivity contribution < 1.29 is 14.3 Å². The van der Waals surface area contributed by atoms with Crippen LogP contribution in [0.3, 0.4) is 0 Å². The number of hydrogen-bond donors (Lipinski definition) is 1. The molecule has 1 aliphatic rings. The van der Waals surface area contributed by atoms with Crippen LogP contribution in [0.5, 0.6) is 11.5 Å². The Kier molecular flexibility index (Phi) is 4.98. The van der Waals surface area contributed by atoms with Gasteiger partial charge in [0.25, 0.3) is 5.91 Å². The molecule has 1 N–H and O–H groups in total. The maximum atomic E-state index is 12.4. The number of benzene rings is 2. The number of carbonyl (C=O) groups excluding carboxylic acids is 1. The first kappa shape index (κ1) is 16.0. The van der Waals surface area contributed by atoms with Crippen LogP contribution in [0.1, 0.15) is 16.8 Å². The molecule has 1 aliphatic heterocycles. The summed E-state index contributed by atoms with van der Waals surface area (Å²) in [5, 5.41) is 3.24. The van der Waals surface area contributed by atoms with Crippen LogP contribution in [0.4, 0.5) is 5.69 Å². The highest BCUT2D eigenvalue weighted by atomic mass is 35.5. The molecule has 3 rings (SSSR count). The highest BCUT2D eigenvalue weighted by Gasteiger charge is 2.18. The normalized spacial score (nSPS) is 13.3. The van der Waals surface area contributed by atoms with Crippen molar-refractivity contribution in [1.29, 1.82) is 0 Å². The van der Waals surface area contributed by atoms with Crippen molar-refractivity contribution in [2.24, 2.45) is 0 Å². The van der Waals surface area contributed by atoms with E-state index in [9.17, 15) is 4.79 Å². The smallest absolute Gasteiger partial charge is 0.255 e. The van der Waals surface area contributed by atoms with E-state index in [0.29, 0.717) is 35.3 Å². The minimum atomic E-state index is -0.237. The highest BCUT2D eigenvalue weighted by Crippen LogP contribution is 2.38. The van der Waals surface area contributed by atoms with Crippen molar-refractivity contribution in [3.05, 3.63) is 47.0 Å². The Morgan fingerprint density at radius 2 is 1.91 bits per heavy atom. The fourth-order valence-corrected chi connectivity index (χ4v) is 2.91. The molecule has 120 valence electrons. The van der Waals surface area contributed by atoms with Crippen molar-refractivity contribution in [3.8, 4) is 11.5 Å². The summed E-state index contributed by atoms with van der Waals surface area (Å²) < 4.78 is 11.2. The molecule has 0 saturated carbocycles. The number of anilines is 1. The van der Waals surface area contributed by atoms with Crippen LogP contribution < -0.4 is 14.8 Å². The number of ether oxygens (including phenoxy) is 2. The van der Waals surface area contributed by atoms with Gasteiger partial charge in [-0.25, -0.2) is 0 Å². The Bertz CT molecular complexity index is 719. The molecule has 0 saturated heterocycles. The zero-order chi connectivity index (χ0) is 16.2. The maximum absolute atomic E-state index is 12.4. The molecule has 0 fully saturated rings. The average Bonchev–Trinajstić information content (AvgIpc) is 2.81. The van der Waals surface area contributed by atoms with Gasteiger partial charge in [0.1, 0.15) is 0 Å². The van der Waals surface area contributed by atoms with E-state index < -0.39 is 0 Å². The van der Waals surface area contributed by atoms with Crippen molar-refractivity contribution in [2.45, 2.75) is 11.3 Å². The first-order valence-electron chi connectivity index (χ1n) is 7.22. The third kappa shape index (κ3) is 3.74. The molecule has 0 spiro atoms. The van der Waals surface area contributed by atoms with Gasteiger partial charge >= 0.3 is 0 Å². The summed E-state index contributed by atoms with van der Waals surface area (Å²) in [5.41, 5.74) is 1.17. The molecule has 0 atom stereocenters. The summed E-state index contributed by atoms with van der Waals surface area (Å²) in [6, 6.07) is 10.9. The van der Waals surface area contributed by atoms with Gasteiger partial charge in [0, 0.05) is 22.6 Å². The van der Waals surface area contributed by atoms with E-state index in [1.807, 2.05) is 30.5 Å². The minimum Gasteiger partial charge on any atom is -0.489 e. The first-order chi connectivity index (χ1) is 11.2. The van der Waals surface area contributed by atoms with E-state index >= 15 is 0 Å². The van der Waals surface area contributed by atoms with Gasteiger partial charge in [-0.1, -0.05) is 11.6 Å². The molecular weight excluding hydrogens is 334 g/mol. The molecule has 23 heavy (non-hydrogen) atoms. The standard InChI is InChI=1S/C17H16ClNO3S/c1-23-13-5-3-12(4-6-13)19-17(20)11-9-14(18)16-15(10-11)21-7-2-8-22-16/h3-6,9-10H,2,7-8H2,1H3,(H,19,20). The second-order valence-corrected chi connectivity index (χ2v) is 6.31. The van der Waals surface area contributed by atoms with Gasteiger partial charge in [0.05, 0.1) is 18.2 Å². The molecule has 6 heteroatoms. The van der Waals surface area contributed by atoms with Gasteiger partial charge in [0.15, 0.2) is 11.5 Å². The second kappa shape index (κ2) is 7.15. The van der Waals surface area contributed by atoms with Crippen molar-refractivity contribution in [3.63, 3.8) is 0 Å². The minimum absolute atomic E-state index is 0.237. The van der Waals surface area contributed by atoms with Crippen LogP contribution in [-0.2, 0) is 0 Å². The number of thioether (sulfide) groups is 1. The summed E-state index contributed by atoms with van der Waals surface area (Å²) in [4.78, 5) is 13.6. The molecule has 1 heterocycles. The van der Waals surface area contributed by atoms with Gasteiger partial charge in [0.2, 0.25) is 0 Å². The quantitative estimate of drug-likeness (QED) is 0.830. The molecule has 4 nitrogen and oxygen atoms in total. The summed E-state index contributed by atoms with van der Waals surface area (Å²) >= 11 is 7.87. The van der Waals surface area contributed by atoms with Gasteiger partial charge in [-0.2, -0.15) is 0 Å². The van der Waals surface area contributed by atoms with Crippen LogP contribution >= 0.6 is 23.4 Å². The number of nitrogens with one attached hydrogen (secondary N) is 1. The van der Waals surface area contributed by atoms with Gasteiger partial charge in [-0.05, 0) is 42.7 Å². The third-order valence-electron chi connectivity index (χ3n) is 3.41. The number of halogens is 1. The predicted octanol–water partition coefficient (Wildman–Crippen LogP) is 4.48. The van der Waals surface area contributed by atoms with Crippen LogP contribution in [0.2, 0.25) is 5.02 Å². The average molecular weight is 350 g/mol. The summed E-state index contributed by atoms with van der Waals surface area (Å²) in [7, 11) is 0. The lowest BCUT2D eigenvalue weighted by Gasteiger charge is -2.12. The second-order valence-electron chi connectivity index (χ2n) is 5.02. The topological polar surface area (TPSA) is 47.6 Å². The summed E-state index contributed by atoms with van der Waals surface area (Å²) in [6.07, 6.45) is 2.79. The van der Waals surface area contributed by atoms with E-state index in [1.165, 1.54) is 0 Å². The largest absolute Gasteiger partial charge is 0.489 e. The highest BCUT2D eigenvalue weighted by molar-refractivity contribution is 7.98. The van der Waals surface area contributed by atoms with E-state index in [4.69, 9.17) is 21.1 Å². The van der Waals surface area contributed by atoms with Crippen LogP contribution in [0.25, 0.3) is 0 Å². The number of carbonyl (C=O) groups is 1. The molecule has 2 aromatic rings. The van der Waals surface area contributed by atoms with Crippen LogP contribution in [-0.4, -0.2) is 25.4 Å². The Balaban J connectivity index is 1.81. The summed E-state index contributed by atoms with van der Waals surface area (Å²) in [6.45, 7) is 1.10. The fourth-order valence-electron chi connectivity index (χ4n) is 2.24. The number of amides is 1. The lowest BCUT2D eigenvalue weighted by atomic mass is 10.1. The first-order valence-corrected chi connectivity index (χ1v) is 8.82. The molecule has 2 aromatic carbocycles. The Hall–Kier alpha value is -1.85. The molecule has 0 aromatic heterocycles. The Morgan fingerprint density at radius 1 is 1.17 bits per heavy atom. The predicted molar refractivity (Wildman–Crippen MR) is 93.2 cm³/mol. The zero-order valence-electron chi connectivity index (χ0n) is 12.6. The molecule has 0 radical (unpaired) electrons. The van der Waals surface area contributed by atoms with Crippen LogP contribution in [0.15, 0.2) is 41.3 Å². The molecule has 0 bridgehead atoms. The van der Waals surface area contributed by atoms with Gasteiger partial charge in [-0.3, -0.25) is 4.79 Å². The Morgan fingerprint density at radius 3 is 2.65 bits per heavy atom.